The average Bonchev–Trinajstić information content (AvgIpc) is 2.09. The molecule has 0 saturated carbocycles. The summed E-state index contributed by atoms with van der Waals surface area (Å²) in [6.45, 7) is 10.5. The Labute approximate surface area is 92.8 Å². The first kappa shape index (κ1) is 14.2. The minimum atomic E-state index is -0.337. The second-order valence-corrected chi connectivity index (χ2v) is 4.31. The van der Waals surface area contributed by atoms with Gasteiger partial charge in [-0.3, -0.25) is 0 Å². The fraction of sp³-hybridized carbons (Fsp3) is 0.909. The molecule has 2 N–H and O–H groups in total. The van der Waals surface area contributed by atoms with Gasteiger partial charge in [0.15, 0.2) is 0 Å². The van der Waals surface area contributed by atoms with Crippen molar-refractivity contribution in [3.8, 4) is 0 Å². The standard InChI is InChI=1S/C11H24N2O2/c1-9(2)5-6-12-7-8-13-11(14)15-10(3)4/h9-10,12H,5-8H2,1-4H3,(H,13,14). The summed E-state index contributed by atoms with van der Waals surface area (Å²) >= 11 is 0. The Morgan fingerprint density at radius 2 is 1.80 bits per heavy atom. The van der Waals surface area contributed by atoms with E-state index in [9.17, 15) is 4.79 Å². The highest BCUT2D eigenvalue weighted by molar-refractivity contribution is 5.67. The largest absolute Gasteiger partial charge is 0.447 e. The quantitative estimate of drug-likeness (QED) is 0.638. The lowest BCUT2D eigenvalue weighted by Crippen LogP contribution is -2.33. The number of rotatable bonds is 7. The van der Waals surface area contributed by atoms with Crippen molar-refractivity contribution in [3.05, 3.63) is 0 Å². The fourth-order valence-corrected chi connectivity index (χ4v) is 1.02. The summed E-state index contributed by atoms with van der Waals surface area (Å²) in [5, 5.41) is 5.93. The fourth-order valence-electron chi connectivity index (χ4n) is 1.02. The van der Waals surface area contributed by atoms with E-state index in [4.69, 9.17) is 4.74 Å². The third kappa shape index (κ3) is 11.2. The van der Waals surface area contributed by atoms with Crippen LogP contribution >= 0.6 is 0 Å². The first-order chi connectivity index (χ1) is 7.02. The van der Waals surface area contributed by atoms with Crippen molar-refractivity contribution in [1.29, 1.82) is 0 Å². The van der Waals surface area contributed by atoms with Crippen molar-refractivity contribution in [1.82, 2.24) is 10.6 Å². The maximum absolute atomic E-state index is 11.0. The van der Waals surface area contributed by atoms with Gasteiger partial charge in [-0.05, 0) is 32.7 Å². The molecular formula is C11H24N2O2. The smallest absolute Gasteiger partial charge is 0.407 e. The molecule has 0 spiro atoms. The number of nitrogens with one attached hydrogen (secondary N) is 2. The van der Waals surface area contributed by atoms with Crippen LogP contribution in [0, 0.1) is 5.92 Å². The third-order valence-corrected chi connectivity index (χ3v) is 1.81. The molecule has 0 aliphatic rings. The molecule has 0 aromatic rings. The van der Waals surface area contributed by atoms with Gasteiger partial charge in [-0.25, -0.2) is 4.79 Å². The molecule has 0 unspecified atom stereocenters. The van der Waals surface area contributed by atoms with Crippen LogP contribution in [0.3, 0.4) is 0 Å². The topological polar surface area (TPSA) is 50.4 Å². The van der Waals surface area contributed by atoms with Gasteiger partial charge in [-0.15, -0.1) is 0 Å². The molecule has 4 nitrogen and oxygen atoms in total. The van der Waals surface area contributed by atoms with Crippen molar-refractivity contribution >= 4 is 6.09 Å². The zero-order valence-corrected chi connectivity index (χ0v) is 10.3. The van der Waals surface area contributed by atoms with Crippen LogP contribution in [-0.2, 0) is 4.74 Å². The Morgan fingerprint density at radius 1 is 1.13 bits per heavy atom. The monoisotopic (exact) mass is 216 g/mol. The number of hydrogen-bond donors (Lipinski definition) is 2. The molecule has 0 aliphatic carbocycles. The molecule has 0 rings (SSSR count). The van der Waals surface area contributed by atoms with Crippen LogP contribution in [-0.4, -0.2) is 31.8 Å². The Morgan fingerprint density at radius 3 is 2.33 bits per heavy atom. The predicted molar refractivity (Wildman–Crippen MR) is 61.9 cm³/mol. The van der Waals surface area contributed by atoms with Gasteiger partial charge < -0.3 is 15.4 Å². The Hall–Kier alpha value is -0.770. The lowest BCUT2D eigenvalue weighted by atomic mass is 10.1. The minimum Gasteiger partial charge on any atom is -0.447 e. The van der Waals surface area contributed by atoms with Crippen LogP contribution in [0.25, 0.3) is 0 Å². The van der Waals surface area contributed by atoms with E-state index in [2.05, 4.69) is 24.5 Å². The molecule has 0 saturated heterocycles. The molecule has 0 aromatic heterocycles. The van der Waals surface area contributed by atoms with Gasteiger partial charge in [-0.1, -0.05) is 13.8 Å². The number of ether oxygens (including phenoxy) is 1. The van der Waals surface area contributed by atoms with Crippen molar-refractivity contribution < 1.29 is 9.53 Å². The van der Waals surface area contributed by atoms with E-state index in [1.54, 1.807) is 0 Å². The van der Waals surface area contributed by atoms with Gasteiger partial charge in [-0.2, -0.15) is 0 Å². The Bertz CT molecular complexity index is 170. The zero-order chi connectivity index (χ0) is 11.7. The molecule has 0 fully saturated rings. The summed E-state index contributed by atoms with van der Waals surface area (Å²) in [4.78, 5) is 11.0. The molecule has 1 amide bonds. The van der Waals surface area contributed by atoms with Gasteiger partial charge in [0.1, 0.15) is 0 Å². The van der Waals surface area contributed by atoms with Gasteiger partial charge in [0.2, 0.25) is 0 Å². The predicted octanol–water partition coefficient (Wildman–Crippen LogP) is 1.76. The van der Waals surface area contributed by atoms with E-state index in [1.165, 1.54) is 0 Å². The molecule has 0 heterocycles. The van der Waals surface area contributed by atoms with Crippen molar-refractivity contribution in [2.45, 2.75) is 40.2 Å². The van der Waals surface area contributed by atoms with E-state index in [0.717, 1.165) is 25.4 Å². The Balaban J connectivity index is 3.20. The van der Waals surface area contributed by atoms with Crippen LogP contribution < -0.4 is 10.6 Å². The SMILES string of the molecule is CC(C)CCNCCNC(=O)OC(C)C. The minimum absolute atomic E-state index is 0.0566. The molecule has 4 heteroatoms. The normalized spacial score (nSPS) is 10.8. The first-order valence-corrected chi connectivity index (χ1v) is 5.67. The highest BCUT2D eigenvalue weighted by atomic mass is 16.6. The summed E-state index contributed by atoms with van der Waals surface area (Å²) < 4.78 is 4.92. The molecule has 0 atom stereocenters. The van der Waals surface area contributed by atoms with Crippen LogP contribution in [0.5, 0.6) is 0 Å². The number of hydrogen-bond acceptors (Lipinski definition) is 3. The Kier molecular flexibility index (Phi) is 8.09. The molecule has 90 valence electrons. The second-order valence-electron chi connectivity index (χ2n) is 4.31. The molecule has 15 heavy (non-hydrogen) atoms. The van der Waals surface area contributed by atoms with Crippen molar-refractivity contribution in [2.24, 2.45) is 5.92 Å². The summed E-state index contributed by atoms with van der Waals surface area (Å²) in [6, 6.07) is 0. The highest BCUT2D eigenvalue weighted by Crippen LogP contribution is 1.95. The molecule has 0 bridgehead atoms. The summed E-state index contributed by atoms with van der Waals surface area (Å²) in [7, 11) is 0. The van der Waals surface area contributed by atoms with Gasteiger partial charge in [0, 0.05) is 13.1 Å². The maximum atomic E-state index is 11.0. The van der Waals surface area contributed by atoms with E-state index in [0.29, 0.717) is 6.54 Å². The summed E-state index contributed by atoms with van der Waals surface area (Å²) in [5.74, 6) is 0.719. The van der Waals surface area contributed by atoms with Crippen molar-refractivity contribution in [2.75, 3.05) is 19.6 Å². The lowest BCUT2D eigenvalue weighted by Gasteiger charge is -2.10. The maximum Gasteiger partial charge on any atom is 0.407 e. The summed E-state index contributed by atoms with van der Waals surface area (Å²) in [5.41, 5.74) is 0. The van der Waals surface area contributed by atoms with Crippen LogP contribution in [0.2, 0.25) is 0 Å². The number of carbonyl (C=O) groups is 1. The van der Waals surface area contributed by atoms with E-state index >= 15 is 0 Å². The molecule has 0 aromatic carbocycles. The zero-order valence-electron chi connectivity index (χ0n) is 10.3. The van der Waals surface area contributed by atoms with E-state index in [1.807, 2.05) is 13.8 Å². The first-order valence-electron chi connectivity index (χ1n) is 5.67. The van der Waals surface area contributed by atoms with Crippen LogP contribution in [0.15, 0.2) is 0 Å². The van der Waals surface area contributed by atoms with E-state index < -0.39 is 0 Å². The number of alkyl carbamates (subject to hydrolysis) is 1. The average molecular weight is 216 g/mol. The third-order valence-electron chi connectivity index (χ3n) is 1.81. The highest BCUT2D eigenvalue weighted by Gasteiger charge is 2.02. The molecule has 0 aliphatic heterocycles. The summed E-state index contributed by atoms with van der Waals surface area (Å²) in [6.07, 6.45) is 0.769. The van der Waals surface area contributed by atoms with Crippen LogP contribution in [0.1, 0.15) is 34.1 Å². The second kappa shape index (κ2) is 8.53. The number of amides is 1. The molecule has 0 radical (unpaired) electrons. The van der Waals surface area contributed by atoms with Gasteiger partial charge in [0.05, 0.1) is 6.10 Å². The van der Waals surface area contributed by atoms with Gasteiger partial charge in [0.25, 0.3) is 0 Å². The lowest BCUT2D eigenvalue weighted by molar-refractivity contribution is 0.116. The van der Waals surface area contributed by atoms with Crippen LogP contribution in [0.4, 0.5) is 4.79 Å². The van der Waals surface area contributed by atoms with E-state index in [-0.39, 0.29) is 12.2 Å². The van der Waals surface area contributed by atoms with Crippen molar-refractivity contribution in [3.63, 3.8) is 0 Å². The van der Waals surface area contributed by atoms with Gasteiger partial charge >= 0.3 is 6.09 Å². The number of carbonyl (C=O) groups excluding carboxylic acids is 1. The molecular weight excluding hydrogens is 192 g/mol.